The first kappa shape index (κ1) is 21.6. The van der Waals surface area contributed by atoms with Gasteiger partial charge in [-0.1, -0.05) is 12.1 Å². The maximum atomic E-state index is 12.1. The van der Waals surface area contributed by atoms with Crippen molar-refractivity contribution in [3.8, 4) is 6.07 Å². The lowest BCUT2D eigenvalue weighted by atomic mass is 9.79. The molecule has 1 aliphatic carbocycles. The molecule has 1 aromatic heterocycles. The summed E-state index contributed by atoms with van der Waals surface area (Å²) in [6.07, 6.45) is 8.57. The van der Waals surface area contributed by atoms with Gasteiger partial charge < -0.3 is 9.64 Å². The van der Waals surface area contributed by atoms with E-state index < -0.39 is 0 Å². The Morgan fingerprint density at radius 3 is 2.88 bits per heavy atom. The molecule has 0 fully saturated rings. The van der Waals surface area contributed by atoms with Crippen LogP contribution in [-0.2, 0) is 17.6 Å². The lowest BCUT2D eigenvalue weighted by Crippen LogP contribution is -2.15. The largest absolute Gasteiger partial charge is 0.465 e. The highest BCUT2D eigenvalue weighted by molar-refractivity contribution is 5.90. The van der Waals surface area contributed by atoms with Crippen molar-refractivity contribution in [3.05, 3.63) is 88.7 Å². The van der Waals surface area contributed by atoms with E-state index in [2.05, 4.69) is 34.2 Å². The molecule has 5 heteroatoms. The fraction of sp³-hybridized carbons (Fsp3) is 0.296. The summed E-state index contributed by atoms with van der Waals surface area (Å²) in [6, 6.07) is 18.3. The van der Waals surface area contributed by atoms with Crippen LogP contribution in [0.15, 0.2) is 60.9 Å². The number of nitrogens with zero attached hydrogens (tertiary/aromatic N) is 3. The van der Waals surface area contributed by atoms with Crippen LogP contribution < -0.4 is 4.90 Å². The Hall–Kier alpha value is -3.65. The number of ether oxygens (including phenoxy) is 1. The third-order valence-corrected chi connectivity index (χ3v) is 6.39. The van der Waals surface area contributed by atoms with Gasteiger partial charge in [-0.25, -0.2) is 4.79 Å². The topological polar surface area (TPSA) is 66.2 Å². The minimum Gasteiger partial charge on any atom is -0.465 e. The molecule has 1 atom stereocenters. The second-order valence-electron chi connectivity index (χ2n) is 8.26. The molecule has 0 aliphatic heterocycles. The van der Waals surface area contributed by atoms with Crippen LogP contribution >= 0.6 is 0 Å². The Balaban J connectivity index is 1.53. The van der Waals surface area contributed by atoms with E-state index in [0.717, 1.165) is 49.0 Å². The first-order chi connectivity index (χ1) is 15.6. The molecule has 1 heterocycles. The quantitative estimate of drug-likeness (QED) is 0.484. The summed E-state index contributed by atoms with van der Waals surface area (Å²) in [4.78, 5) is 18.4. The molecule has 2 aromatic carbocycles. The average Bonchev–Trinajstić information content (AvgIpc) is 2.86. The summed E-state index contributed by atoms with van der Waals surface area (Å²) in [5.41, 5.74) is 7.14. The fourth-order valence-corrected chi connectivity index (χ4v) is 4.61. The van der Waals surface area contributed by atoms with Crippen molar-refractivity contribution in [2.75, 3.05) is 19.1 Å². The molecule has 32 heavy (non-hydrogen) atoms. The van der Waals surface area contributed by atoms with Gasteiger partial charge in [0.25, 0.3) is 0 Å². The third-order valence-electron chi connectivity index (χ3n) is 6.39. The summed E-state index contributed by atoms with van der Waals surface area (Å²) in [5, 5.41) is 9.20. The third kappa shape index (κ3) is 4.50. The van der Waals surface area contributed by atoms with Gasteiger partial charge in [-0.05, 0) is 91.1 Å². The molecule has 0 N–H and O–H groups in total. The molecule has 0 saturated heterocycles. The zero-order valence-corrected chi connectivity index (χ0v) is 18.5. The number of nitriles is 1. The van der Waals surface area contributed by atoms with Crippen molar-refractivity contribution in [2.45, 2.75) is 38.0 Å². The van der Waals surface area contributed by atoms with Crippen LogP contribution in [0, 0.1) is 11.3 Å². The monoisotopic (exact) mass is 425 g/mol. The number of aromatic nitrogens is 1. The molecular formula is C27H27N3O2. The number of methoxy groups -OCH3 is 1. The van der Waals surface area contributed by atoms with E-state index >= 15 is 0 Å². The first-order valence-corrected chi connectivity index (χ1v) is 11.0. The Morgan fingerprint density at radius 2 is 2.06 bits per heavy atom. The summed E-state index contributed by atoms with van der Waals surface area (Å²) >= 11 is 0. The van der Waals surface area contributed by atoms with Crippen LogP contribution in [0.3, 0.4) is 0 Å². The minimum absolute atomic E-state index is 0.306. The number of esters is 1. The fourth-order valence-electron chi connectivity index (χ4n) is 4.61. The number of rotatable bonds is 6. The number of carbonyl (C=O) groups is 1. The smallest absolute Gasteiger partial charge is 0.338 e. The molecular weight excluding hydrogens is 398 g/mol. The van der Waals surface area contributed by atoms with Crippen LogP contribution in [0.2, 0.25) is 0 Å². The molecule has 0 saturated carbocycles. The second-order valence-corrected chi connectivity index (χ2v) is 8.26. The number of aryl methyl sites for hydroxylation is 2. The van der Waals surface area contributed by atoms with E-state index in [1.54, 1.807) is 18.5 Å². The lowest BCUT2D eigenvalue weighted by molar-refractivity contribution is 0.0599. The van der Waals surface area contributed by atoms with E-state index in [1.807, 2.05) is 31.3 Å². The van der Waals surface area contributed by atoms with Gasteiger partial charge in [0.2, 0.25) is 0 Å². The summed E-state index contributed by atoms with van der Waals surface area (Å²) < 4.78 is 4.92. The predicted molar refractivity (Wildman–Crippen MR) is 125 cm³/mol. The second kappa shape index (κ2) is 9.65. The Morgan fingerprint density at radius 1 is 1.22 bits per heavy atom. The highest BCUT2D eigenvalue weighted by Crippen LogP contribution is 2.37. The first-order valence-electron chi connectivity index (χ1n) is 11.0. The summed E-state index contributed by atoms with van der Waals surface area (Å²) in [6.45, 7) is 0. The Labute approximate surface area is 189 Å². The van der Waals surface area contributed by atoms with Crippen molar-refractivity contribution in [1.29, 1.82) is 5.26 Å². The molecule has 4 rings (SSSR count). The van der Waals surface area contributed by atoms with Gasteiger partial charge in [-0.15, -0.1) is 0 Å². The summed E-state index contributed by atoms with van der Waals surface area (Å²) in [5.74, 6) is 0.158. The Kier molecular flexibility index (Phi) is 6.51. The molecule has 0 radical (unpaired) electrons. The van der Waals surface area contributed by atoms with Crippen LogP contribution in [0.5, 0.6) is 0 Å². The van der Waals surface area contributed by atoms with Crippen LogP contribution in [0.25, 0.3) is 0 Å². The van der Waals surface area contributed by atoms with Gasteiger partial charge in [0.1, 0.15) is 0 Å². The van der Waals surface area contributed by atoms with Crippen molar-refractivity contribution in [2.24, 2.45) is 0 Å². The van der Waals surface area contributed by atoms with E-state index in [-0.39, 0.29) is 5.97 Å². The highest BCUT2D eigenvalue weighted by atomic mass is 16.5. The van der Waals surface area contributed by atoms with Gasteiger partial charge in [-0.3, -0.25) is 4.98 Å². The number of pyridine rings is 1. The molecule has 5 nitrogen and oxygen atoms in total. The van der Waals surface area contributed by atoms with Gasteiger partial charge in [-0.2, -0.15) is 5.26 Å². The maximum Gasteiger partial charge on any atom is 0.338 e. The van der Waals surface area contributed by atoms with Crippen molar-refractivity contribution < 1.29 is 9.53 Å². The van der Waals surface area contributed by atoms with Crippen molar-refractivity contribution >= 4 is 17.3 Å². The van der Waals surface area contributed by atoms with Gasteiger partial charge >= 0.3 is 5.97 Å². The number of fused-ring (bicyclic) bond motifs is 1. The van der Waals surface area contributed by atoms with E-state index in [9.17, 15) is 10.1 Å². The van der Waals surface area contributed by atoms with Crippen LogP contribution in [0.4, 0.5) is 11.4 Å². The zero-order valence-electron chi connectivity index (χ0n) is 18.5. The molecule has 0 bridgehead atoms. The van der Waals surface area contributed by atoms with Crippen LogP contribution in [-0.4, -0.2) is 25.1 Å². The van der Waals surface area contributed by atoms with Gasteiger partial charge in [0, 0.05) is 30.8 Å². The number of hydrogen-bond donors (Lipinski definition) is 0. The van der Waals surface area contributed by atoms with Gasteiger partial charge in [0.15, 0.2) is 0 Å². The molecule has 162 valence electrons. The number of hydrogen-bond acceptors (Lipinski definition) is 5. The van der Waals surface area contributed by atoms with E-state index in [4.69, 9.17) is 4.74 Å². The maximum absolute atomic E-state index is 12.1. The number of carbonyl (C=O) groups excluding carboxylic acids is 1. The lowest BCUT2D eigenvalue weighted by Gasteiger charge is -2.28. The molecule has 0 unspecified atom stereocenters. The molecule has 3 aromatic rings. The molecule has 1 aliphatic rings. The standard InChI is InChI=1S/C27H27N3O2/c1-30(23-8-3-5-19(15-23)17-28)24-11-12-25-20(6-4-7-21(25)16-24)9-10-22-18-29-14-13-26(22)27(31)32-2/h3,5,8,11-16,18,20H,4,6-7,9-10H2,1-2H3/t20-/m0/s1. The molecule has 0 amide bonds. The average molecular weight is 426 g/mol. The predicted octanol–water partition coefficient (Wildman–Crippen LogP) is 5.56. The normalized spacial score (nSPS) is 14.8. The highest BCUT2D eigenvalue weighted by Gasteiger charge is 2.22. The van der Waals surface area contributed by atoms with E-state index in [0.29, 0.717) is 17.0 Å². The SMILES string of the molecule is COC(=O)c1ccncc1CC[C@@H]1CCCc2cc(N(C)c3cccc(C#N)c3)ccc21. The Bertz CT molecular complexity index is 1170. The van der Waals surface area contributed by atoms with Crippen LogP contribution in [0.1, 0.15) is 57.8 Å². The minimum atomic E-state index is -0.306. The zero-order chi connectivity index (χ0) is 22.5. The molecule has 0 spiro atoms. The van der Waals surface area contributed by atoms with Gasteiger partial charge in [0.05, 0.1) is 24.3 Å². The summed E-state index contributed by atoms with van der Waals surface area (Å²) in [7, 11) is 3.45. The van der Waals surface area contributed by atoms with Crippen molar-refractivity contribution in [3.63, 3.8) is 0 Å². The van der Waals surface area contributed by atoms with Crippen molar-refractivity contribution in [1.82, 2.24) is 4.98 Å². The van der Waals surface area contributed by atoms with E-state index in [1.165, 1.54) is 18.2 Å². The number of anilines is 2. The number of benzene rings is 2.